The third kappa shape index (κ3) is 2.25. The van der Waals surface area contributed by atoms with E-state index >= 15 is 0 Å². The first kappa shape index (κ1) is 12.3. The Kier molecular flexibility index (Phi) is 3.50. The second-order valence-corrected chi connectivity index (χ2v) is 6.05. The Hall–Kier alpha value is -0.710. The summed E-state index contributed by atoms with van der Waals surface area (Å²) in [6.07, 6.45) is 3.43. The molecule has 1 aromatic rings. The maximum Gasteiger partial charge on any atom is 0.150 e. The summed E-state index contributed by atoms with van der Waals surface area (Å²) in [5.74, 6) is 1.31. The Morgan fingerprint density at radius 3 is 2.78 bits per heavy atom. The van der Waals surface area contributed by atoms with Gasteiger partial charge in [-0.3, -0.25) is 10.2 Å². The van der Waals surface area contributed by atoms with Gasteiger partial charge in [0.25, 0.3) is 0 Å². The lowest BCUT2D eigenvalue weighted by molar-refractivity contribution is 0.112. The average Bonchev–Trinajstić information content (AvgIpc) is 2.72. The van der Waals surface area contributed by atoms with Crippen molar-refractivity contribution in [3.63, 3.8) is 0 Å². The van der Waals surface area contributed by atoms with E-state index in [0.29, 0.717) is 5.92 Å². The number of hydrogen-bond donors (Lipinski definition) is 1. The second-order valence-electron chi connectivity index (χ2n) is 5.19. The van der Waals surface area contributed by atoms with Crippen molar-refractivity contribution in [2.45, 2.75) is 18.8 Å². The molecular weight excluding hydrogens is 292 g/mol. The number of rotatable bonds is 2. The third-order valence-electron chi connectivity index (χ3n) is 4.20. The molecule has 3 nitrogen and oxygen atoms in total. The number of piperidine rings is 1. The van der Waals surface area contributed by atoms with Crippen molar-refractivity contribution < 1.29 is 4.79 Å². The quantitative estimate of drug-likeness (QED) is 0.852. The standard InChI is InChI=1S/C14H17BrN2O/c15-14-7-10(9-18)1-2-12(14)13-8-16-17-5-3-11(13)4-6-17/h1-2,7,9,11,13,16H,3-6,8H2. The summed E-state index contributed by atoms with van der Waals surface area (Å²) in [7, 11) is 0. The molecule has 3 saturated heterocycles. The zero-order valence-electron chi connectivity index (χ0n) is 10.2. The van der Waals surface area contributed by atoms with Crippen molar-refractivity contribution in [3.05, 3.63) is 33.8 Å². The molecular formula is C14H17BrN2O. The summed E-state index contributed by atoms with van der Waals surface area (Å²) in [5.41, 5.74) is 5.59. The van der Waals surface area contributed by atoms with Crippen molar-refractivity contribution in [1.29, 1.82) is 0 Å². The smallest absolute Gasteiger partial charge is 0.150 e. The first-order valence-corrected chi connectivity index (χ1v) is 7.30. The number of hydrazine groups is 1. The summed E-state index contributed by atoms with van der Waals surface area (Å²) < 4.78 is 1.07. The molecule has 18 heavy (non-hydrogen) atoms. The predicted molar refractivity (Wildman–Crippen MR) is 74.6 cm³/mol. The van der Waals surface area contributed by atoms with Crippen LogP contribution in [0.15, 0.2) is 22.7 Å². The molecule has 3 aliphatic heterocycles. The van der Waals surface area contributed by atoms with Crippen molar-refractivity contribution >= 4 is 22.2 Å². The molecule has 2 bridgehead atoms. The molecule has 0 aliphatic carbocycles. The first-order chi connectivity index (χ1) is 8.78. The van der Waals surface area contributed by atoms with Crippen molar-refractivity contribution in [2.75, 3.05) is 19.6 Å². The van der Waals surface area contributed by atoms with Gasteiger partial charge in [-0.15, -0.1) is 0 Å². The van der Waals surface area contributed by atoms with Crippen LogP contribution in [-0.2, 0) is 0 Å². The fraction of sp³-hybridized carbons (Fsp3) is 0.500. The predicted octanol–water partition coefficient (Wildman–Crippen LogP) is 2.58. The molecule has 1 aromatic carbocycles. The maximum atomic E-state index is 10.8. The molecule has 1 unspecified atom stereocenters. The van der Waals surface area contributed by atoms with Crippen LogP contribution >= 0.6 is 15.9 Å². The lowest BCUT2D eigenvalue weighted by atomic mass is 9.81. The summed E-state index contributed by atoms with van der Waals surface area (Å²) in [6.45, 7) is 3.32. The van der Waals surface area contributed by atoms with E-state index in [9.17, 15) is 4.79 Å². The van der Waals surface area contributed by atoms with Gasteiger partial charge in [0.2, 0.25) is 0 Å². The highest BCUT2D eigenvalue weighted by Gasteiger charge is 2.32. The molecule has 4 rings (SSSR count). The van der Waals surface area contributed by atoms with Gasteiger partial charge in [-0.25, -0.2) is 5.01 Å². The fourth-order valence-electron chi connectivity index (χ4n) is 3.14. The van der Waals surface area contributed by atoms with Gasteiger partial charge < -0.3 is 0 Å². The number of fused-ring (bicyclic) bond motifs is 4. The first-order valence-electron chi connectivity index (χ1n) is 6.51. The molecule has 3 aliphatic rings. The molecule has 0 radical (unpaired) electrons. The van der Waals surface area contributed by atoms with E-state index in [1.54, 1.807) is 0 Å². The summed E-state index contributed by atoms with van der Waals surface area (Å²) in [4.78, 5) is 10.8. The van der Waals surface area contributed by atoms with Gasteiger partial charge in [-0.2, -0.15) is 0 Å². The van der Waals surface area contributed by atoms with Crippen LogP contribution in [0.5, 0.6) is 0 Å². The van der Waals surface area contributed by atoms with Gasteiger partial charge in [0, 0.05) is 35.6 Å². The Balaban J connectivity index is 1.91. The molecule has 4 heteroatoms. The molecule has 0 saturated carbocycles. The zero-order valence-corrected chi connectivity index (χ0v) is 11.8. The number of carbonyl (C=O) groups is 1. The van der Waals surface area contributed by atoms with Crippen LogP contribution < -0.4 is 5.43 Å². The number of halogens is 1. The molecule has 1 N–H and O–H groups in total. The molecule has 1 atom stereocenters. The Labute approximate surface area is 116 Å². The summed E-state index contributed by atoms with van der Waals surface area (Å²) in [6, 6.07) is 5.96. The van der Waals surface area contributed by atoms with Gasteiger partial charge in [0.15, 0.2) is 0 Å². The zero-order chi connectivity index (χ0) is 12.5. The summed E-state index contributed by atoms with van der Waals surface area (Å²) >= 11 is 3.62. The molecule has 3 fully saturated rings. The lowest BCUT2D eigenvalue weighted by Crippen LogP contribution is -2.39. The van der Waals surface area contributed by atoms with Crippen LogP contribution in [0.2, 0.25) is 0 Å². The minimum absolute atomic E-state index is 0.549. The van der Waals surface area contributed by atoms with Crippen molar-refractivity contribution in [3.8, 4) is 0 Å². The number of nitrogens with zero attached hydrogens (tertiary/aromatic N) is 1. The summed E-state index contributed by atoms with van der Waals surface area (Å²) in [5, 5.41) is 2.34. The highest BCUT2D eigenvalue weighted by atomic mass is 79.9. The van der Waals surface area contributed by atoms with Crippen LogP contribution in [0.25, 0.3) is 0 Å². The Bertz CT molecular complexity index is 455. The van der Waals surface area contributed by atoms with Crippen LogP contribution in [-0.4, -0.2) is 30.9 Å². The third-order valence-corrected chi connectivity index (χ3v) is 4.89. The van der Waals surface area contributed by atoms with Gasteiger partial charge in [0.1, 0.15) is 6.29 Å². The van der Waals surface area contributed by atoms with E-state index < -0.39 is 0 Å². The minimum Gasteiger partial charge on any atom is -0.298 e. The Morgan fingerprint density at radius 2 is 2.11 bits per heavy atom. The van der Waals surface area contributed by atoms with Crippen LogP contribution in [0.4, 0.5) is 0 Å². The van der Waals surface area contributed by atoms with Crippen molar-refractivity contribution in [2.24, 2.45) is 5.92 Å². The largest absolute Gasteiger partial charge is 0.298 e. The topological polar surface area (TPSA) is 32.3 Å². The van der Waals surface area contributed by atoms with Crippen LogP contribution in [0, 0.1) is 5.92 Å². The normalized spacial score (nSPS) is 31.1. The molecule has 96 valence electrons. The van der Waals surface area contributed by atoms with E-state index in [1.807, 2.05) is 12.1 Å². The van der Waals surface area contributed by atoms with E-state index in [4.69, 9.17) is 0 Å². The number of carbonyl (C=O) groups excluding carboxylic acids is 1. The van der Waals surface area contributed by atoms with Crippen molar-refractivity contribution in [1.82, 2.24) is 10.4 Å². The monoisotopic (exact) mass is 308 g/mol. The van der Waals surface area contributed by atoms with E-state index in [0.717, 1.165) is 41.9 Å². The average molecular weight is 309 g/mol. The van der Waals surface area contributed by atoms with Gasteiger partial charge in [0.05, 0.1) is 0 Å². The van der Waals surface area contributed by atoms with Gasteiger partial charge in [-0.05, 0) is 30.4 Å². The highest BCUT2D eigenvalue weighted by molar-refractivity contribution is 9.10. The van der Waals surface area contributed by atoms with Gasteiger partial charge in [-0.1, -0.05) is 28.1 Å². The van der Waals surface area contributed by atoms with Gasteiger partial charge >= 0.3 is 0 Å². The van der Waals surface area contributed by atoms with Crippen LogP contribution in [0.1, 0.15) is 34.7 Å². The highest BCUT2D eigenvalue weighted by Crippen LogP contribution is 2.37. The molecule has 0 amide bonds. The lowest BCUT2D eigenvalue weighted by Gasteiger charge is -2.28. The number of nitrogens with one attached hydrogen (secondary N) is 1. The Morgan fingerprint density at radius 1 is 1.33 bits per heavy atom. The van der Waals surface area contributed by atoms with E-state index in [2.05, 4.69) is 32.4 Å². The minimum atomic E-state index is 0.549. The van der Waals surface area contributed by atoms with Crippen LogP contribution in [0.3, 0.4) is 0 Å². The van der Waals surface area contributed by atoms with E-state index in [1.165, 1.54) is 18.4 Å². The number of aldehydes is 1. The molecule has 0 spiro atoms. The second kappa shape index (κ2) is 5.11. The number of hydrogen-bond acceptors (Lipinski definition) is 3. The fourth-order valence-corrected chi connectivity index (χ4v) is 3.83. The maximum absolute atomic E-state index is 10.8. The number of benzene rings is 1. The molecule has 3 heterocycles. The van der Waals surface area contributed by atoms with E-state index in [-0.39, 0.29) is 0 Å². The SMILES string of the molecule is O=Cc1ccc(C2CNN3CCC2CC3)c(Br)c1. The molecule has 0 aromatic heterocycles.